The molecule has 16 heavy (non-hydrogen) atoms. The predicted octanol–water partition coefficient (Wildman–Crippen LogP) is -0.232. The number of carbonyl (C=O) groups excluding carboxylic acids is 1. The highest BCUT2D eigenvalue weighted by atomic mass is 16.5. The van der Waals surface area contributed by atoms with E-state index >= 15 is 0 Å². The van der Waals surface area contributed by atoms with Crippen LogP contribution in [-0.4, -0.2) is 42.4 Å². The Morgan fingerprint density at radius 2 is 2.00 bits per heavy atom. The molecule has 0 spiro atoms. The second-order valence-electron chi connectivity index (χ2n) is 4.47. The average Bonchev–Trinajstić information content (AvgIpc) is 2.28. The van der Waals surface area contributed by atoms with Gasteiger partial charge in [-0.3, -0.25) is 4.79 Å². The molecule has 1 rings (SSSR count). The molecule has 0 aromatic carbocycles. The van der Waals surface area contributed by atoms with Crippen LogP contribution >= 0.6 is 0 Å². The topological polar surface area (TPSA) is 84.6 Å². The SMILES string of the molecule is CNC1CCC(OC(=O)[C@@H](N)[C@H](C)O)CC1. The molecule has 0 unspecified atom stereocenters. The number of aliphatic hydroxyl groups excluding tert-OH is 1. The van der Waals surface area contributed by atoms with Crippen LogP contribution in [0, 0.1) is 0 Å². The van der Waals surface area contributed by atoms with E-state index < -0.39 is 18.1 Å². The van der Waals surface area contributed by atoms with E-state index in [1.807, 2.05) is 7.05 Å². The second kappa shape index (κ2) is 6.18. The van der Waals surface area contributed by atoms with Crippen molar-refractivity contribution in [2.45, 2.75) is 56.9 Å². The Morgan fingerprint density at radius 3 is 2.44 bits per heavy atom. The summed E-state index contributed by atoms with van der Waals surface area (Å²) in [5, 5.41) is 12.4. The van der Waals surface area contributed by atoms with Crippen LogP contribution in [0.4, 0.5) is 0 Å². The van der Waals surface area contributed by atoms with Crippen molar-refractivity contribution in [2.75, 3.05) is 7.05 Å². The summed E-state index contributed by atoms with van der Waals surface area (Å²) in [4.78, 5) is 11.5. The number of hydrogen-bond donors (Lipinski definition) is 3. The molecular weight excluding hydrogens is 208 g/mol. The Morgan fingerprint density at radius 1 is 1.44 bits per heavy atom. The Labute approximate surface area is 96.3 Å². The smallest absolute Gasteiger partial charge is 0.325 e. The first-order valence-corrected chi connectivity index (χ1v) is 5.86. The standard InChI is InChI=1S/C11H22N2O3/c1-7(14)10(12)11(15)16-9-5-3-8(13-2)4-6-9/h7-10,13-14H,3-6,12H2,1-2H3/t7-,8?,9?,10-/m0/s1. The number of carbonyl (C=O) groups is 1. The molecule has 5 heteroatoms. The van der Waals surface area contributed by atoms with Crippen LogP contribution < -0.4 is 11.1 Å². The number of nitrogens with two attached hydrogens (primary N) is 1. The lowest BCUT2D eigenvalue weighted by atomic mass is 9.93. The zero-order valence-electron chi connectivity index (χ0n) is 9.98. The van der Waals surface area contributed by atoms with Crippen LogP contribution in [0.1, 0.15) is 32.6 Å². The van der Waals surface area contributed by atoms with Gasteiger partial charge in [-0.25, -0.2) is 0 Å². The largest absolute Gasteiger partial charge is 0.461 e. The number of hydrogen-bond acceptors (Lipinski definition) is 5. The third-order valence-corrected chi connectivity index (χ3v) is 3.16. The van der Waals surface area contributed by atoms with Crippen LogP contribution in [0.5, 0.6) is 0 Å². The normalized spacial score (nSPS) is 29.5. The van der Waals surface area contributed by atoms with Crippen molar-refractivity contribution in [1.29, 1.82) is 0 Å². The first-order valence-electron chi connectivity index (χ1n) is 5.86. The maximum Gasteiger partial charge on any atom is 0.325 e. The monoisotopic (exact) mass is 230 g/mol. The lowest BCUT2D eigenvalue weighted by Gasteiger charge is -2.29. The predicted molar refractivity (Wildman–Crippen MR) is 60.9 cm³/mol. The van der Waals surface area contributed by atoms with Gasteiger partial charge < -0.3 is 20.9 Å². The molecule has 2 atom stereocenters. The summed E-state index contributed by atoms with van der Waals surface area (Å²) in [6, 6.07) is -0.401. The summed E-state index contributed by atoms with van der Waals surface area (Å²) < 4.78 is 5.26. The fourth-order valence-electron chi connectivity index (χ4n) is 1.91. The third kappa shape index (κ3) is 3.73. The molecule has 0 amide bonds. The minimum absolute atomic E-state index is 0.0399. The van der Waals surface area contributed by atoms with Crippen molar-refractivity contribution in [2.24, 2.45) is 5.73 Å². The van der Waals surface area contributed by atoms with Crippen molar-refractivity contribution in [1.82, 2.24) is 5.32 Å². The van der Waals surface area contributed by atoms with Crippen molar-refractivity contribution >= 4 is 5.97 Å². The fourth-order valence-corrected chi connectivity index (χ4v) is 1.91. The summed E-state index contributed by atoms with van der Waals surface area (Å²) in [6.45, 7) is 1.49. The molecule has 0 heterocycles. The van der Waals surface area contributed by atoms with E-state index in [1.165, 1.54) is 6.92 Å². The van der Waals surface area contributed by atoms with Gasteiger partial charge in [-0.05, 0) is 39.7 Å². The average molecular weight is 230 g/mol. The Kier molecular flexibility index (Phi) is 5.18. The summed E-state index contributed by atoms with van der Waals surface area (Å²) in [5.74, 6) is -0.497. The molecule has 0 bridgehead atoms. The molecular formula is C11H22N2O3. The summed E-state index contributed by atoms with van der Waals surface area (Å²) in [6.07, 6.45) is 2.85. The van der Waals surface area contributed by atoms with Gasteiger partial charge in [-0.2, -0.15) is 0 Å². The van der Waals surface area contributed by atoms with Crippen molar-refractivity contribution < 1.29 is 14.6 Å². The summed E-state index contributed by atoms with van der Waals surface area (Å²) in [5.41, 5.74) is 5.49. The first kappa shape index (κ1) is 13.4. The van der Waals surface area contributed by atoms with Gasteiger partial charge in [0.1, 0.15) is 12.1 Å². The van der Waals surface area contributed by atoms with Crippen LogP contribution in [0.15, 0.2) is 0 Å². The maximum atomic E-state index is 11.5. The molecule has 5 nitrogen and oxygen atoms in total. The van der Waals surface area contributed by atoms with Gasteiger partial charge >= 0.3 is 5.97 Å². The molecule has 1 saturated carbocycles. The summed E-state index contributed by atoms with van der Waals surface area (Å²) >= 11 is 0. The molecule has 0 aromatic rings. The van der Waals surface area contributed by atoms with E-state index in [0.29, 0.717) is 6.04 Å². The Hall–Kier alpha value is -0.650. The van der Waals surface area contributed by atoms with Crippen molar-refractivity contribution in [3.05, 3.63) is 0 Å². The van der Waals surface area contributed by atoms with Crippen molar-refractivity contribution in [3.8, 4) is 0 Å². The summed E-state index contributed by atoms with van der Waals surface area (Å²) in [7, 11) is 1.94. The van der Waals surface area contributed by atoms with Gasteiger partial charge in [-0.15, -0.1) is 0 Å². The number of esters is 1. The second-order valence-corrected chi connectivity index (χ2v) is 4.47. The van der Waals surface area contributed by atoms with Gasteiger partial charge in [0.15, 0.2) is 0 Å². The van der Waals surface area contributed by atoms with Gasteiger partial charge in [0, 0.05) is 6.04 Å². The number of ether oxygens (including phenoxy) is 1. The molecule has 4 N–H and O–H groups in total. The van der Waals surface area contributed by atoms with Gasteiger partial charge in [-0.1, -0.05) is 0 Å². The molecule has 0 aromatic heterocycles. The zero-order valence-corrected chi connectivity index (χ0v) is 9.98. The molecule has 0 saturated heterocycles. The Balaban J connectivity index is 2.31. The van der Waals surface area contributed by atoms with Crippen molar-refractivity contribution in [3.63, 3.8) is 0 Å². The van der Waals surface area contributed by atoms with Crippen LogP contribution in [0.2, 0.25) is 0 Å². The highest BCUT2D eigenvalue weighted by Crippen LogP contribution is 2.21. The fraction of sp³-hybridized carbons (Fsp3) is 0.909. The quantitative estimate of drug-likeness (QED) is 0.581. The van der Waals surface area contributed by atoms with Gasteiger partial charge in [0.25, 0.3) is 0 Å². The number of aliphatic hydroxyl groups is 1. The van der Waals surface area contributed by atoms with Crippen LogP contribution in [0.3, 0.4) is 0 Å². The molecule has 0 aliphatic heterocycles. The van der Waals surface area contributed by atoms with E-state index in [0.717, 1.165) is 25.7 Å². The van der Waals surface area contributed by atoms with E-state index in [2.05, 4.69) is 5.32 Å². The maximum absolute atomic E-state index is 11.5. The molecule has 1 aliphatic carbocycles. The highest BCUT2D eigenvalue weighted by Gasteiger charge is 2.27. The van der Waals surface area contributed by atoms with E-state index in [4.69, 9.17) is 15.6 Å². The van der Waals surface area contributed by atoms with E-state index in [-0.39, 0.29) is 6.10 Å². The lowest BCUT2D eigenvalue weighted by molar-refractivity contribution is -0.154. The highest BCUT2D eigenvalue weighted by molar-refractivity contribution is 5.76. The van der Waals surface area contributed by atoms with E-state index in [9.17, 15) is 4.79 Å². The first-order chi connectivity index (χ1) is 7.54. The Bertz CT molecular complexity index is 225. The lowest BCUT2D eigenvalue weighted by Crippen LogP contribution is -2.44. The molecule has 1 fully saturated rings. The van der Waals surface area contributed by atoms with Gasteiger partial charge in [0.2, 0.25) is 0 Å². The molecule has 1 aliphatic rings. The minimum atomic E-state index is -0.929. The van der Waals surface area contributed by atoms with Gasteiger partial charge in [0.05, 0.1) is 6.10 Å². The molecule has 0 radical (unpaired) electrons. The van der Waals surface area contributed by atoms with Crippen LogP contribution in [0.25, 0.3) is 0 Å². The minimum Gasteiger partial charge on any atom is -0.461 e. The van der Waals surface area contributed by atoms with Crippen LogP contribution in [-0.2, 0) is 9.53 Å². The third-order valence-electron chi connectivity index (χ3n) is 3.16. The number of rotatable bonds is 4. The molecule has 94 valence electrons. The van der Waals surface area contributed by atoms with E-state index in [1.54, 1.807) is 0 Å². The number of nitrogens with one attached hydrogen (secondary N) is 1. The zero-order chi connectivity index (χ0) is 12.1.